The van der Waals surface area contributed by atoms with Gasteiger partial charge in [-0.15, -0.1) is 0 Å². The van der Waals surface area contributed by atoms with Crippen LogP contribution in [0.15, 0.2) is 24.3 Å². The molecule has 0 fully saturated rings. The Hall–Kier alpha value is -1.35. The molecule has 0 saturated heterocycles. The number of benzene rings is 1. The van der Waals surface area contributed by atoms with Crippen molar-refractivity contribution in [1.29, 1.82) is 0 Å². The van der Waals surface area contributed by atoms with Gasteiger partial charge in [0.05, 0.1) is 5.56 Å². The van der Waals surface area contributed by atoms with Crippen LogP contribution in [0.4, 0.5) is 0 Å². The third kappa shape index (κ3) is 2.56. The van der Waals surface area contributed by atoms with E-state index >= 15 is 0 Å². The zero-order valence-corrected chi connectivity index (χ0v) is 7.45. The van der Waals surface area contributed by atoms with Gasteiger partial charge in [-0.05, 0) is 12.1 Å². The number of esters is 1. The highest BCUT2D eigenvalue weighted by Crippen LogP contribution is 2.05. The summed E-state index contributed by atoms with van der Waals surface area (Å²) >= 11 is 5.21. The van der Waals surface area contributed by atoms with E-state index in [0.29, 0.717) is 17.4 Å². The number of aldehydes is 1. The fraction of sp³-hybridized carbons (Fsp3) is 0.111. The van der Waals surface area contributed by atoms with Gasteiger partial charge < -0.3 is 4.74 Å². The minimum Gasteiger partial charge on any atom is -0.446 e. The molecule has 0 aliphatic carbocycles. The van der Waals surface area contributed by atoms with Crippen LogP contribution < -0.4 is 0 Å². The van der Waals surface area contributed by atoms with Crippen LogP contribution in [-0.2, 0) is 4.74 Å². The van der Waals surface area contributed by atoms with Gasteiger partial charge in [-0.3, -0.25) is 4.79 Å². The summed E-state index contributed by atoms with van der Waals surface area (Å²) in [5, 5.41) is 0. The topological polar surface area (TPSA) is 43.4 Å². The minimum atomic E-state index is -0.529. The molecule has 13 heavy (non-hydrogen) atoms. The maximum absolute atomic E-state index is 11.1. The minimum absolute atomic E-state index is 0.190. The number of carbonyl (C=O) groups excluding carboxylic acids is 2. The molecule has 0 spiro atoms. The van der Waals surface area contributed by atoms with Crippen molar-refractivity contribution >= 4 is 23.9 Å². The van der Waals surface area contributed by atoms with E-state index in [1.165, 1.54) is 6.07 Å². The third-order valence-corrected chi connectivity index (χ3v) is 1.55. The number of ether oxygens (including phenoxy) is 1. The first-order valence-corrected chi connectivity index (χ1v) is 4.09. The van der Waals surface area contributed by atoms with Gasteiger partial charge in [-0.25, -0.2) is 4.79 Å². The van der Waals surface area contributed by atoms with Crippen LogP contribution in [0.5, 0.6) is 0 Å². The van der Waals surface area contributed by atoms with Gasteiger partial charge in [-0.2, -0.15) is 0 Å². The lowest BCUT2D eigenvalue weighted by molar-refractivity contribution is 0.0574. The molecule has 0 bridgehead atoms. The largest absolute Gasteiger partial charge is 0.446 e. The molecule has 0 radical (unpaired) electrons. The van der Waals surface area contributed by atoms with E-state index in [1.807, 2.05) is 0 Å². The molecule has 1 aromatic rings. The summed E-state index contributed by atoms with van der Waals surface area (Å²) < 4.78 is 4.54. The molecule has 0 aliphatic heterocycles. The normalized spacial score (nSPS) is 9.31. The molecular weight excluding hydrogens is 192 g/mol. The fourth-order valence-corrected chi connectivity index (χ4v) is 0.971. The highest BCUT2D eigenvalue weighted by atomic mass is 35.5. The average Bonchev–Trinajstić information content (AvgIpc) is 2.18. The van der Waals surface area contributed by atoms with Crippen LogP contribution in [0.3, 0.4) is 0 Å². The SMILES string of the molecule is O=Cc1cccc(C(=O)OCCl)c1. The number of halogens is 1. The highest BCUT2D eigenvalue weighted by molar-refractivity contribution is 6.17. The van der Waals surface area contributed by atoms with Gasteiger partial charge in [-0.1, -0.05) is 23.7 Å². The van der Waals surface area contributed by atoms with Crippen molar-refractivity contribution in [3.05, 3.63) is 35.4 Å². The summed E-state index contributed by atoms with van der Waals surface area (Å²) in [5.41, 5.74) is 0.759. The molecule has 0 N–H and O–H groups in total. The summed E-state index contributed by atoms with van der Waals surface area (Å²) in [7, 11) is 0. The number of hydrogen-bond donors (Lipinski definition) is 0. The number of carbonyl (C=O) groups is 2. The molecule has 0 amide bonds. The van der Waals surface area contributed by atoms with Crippen LogP contribution in [0.1, 0.15) is 20.7 Å². The van der Waals surface area contributed by atoms with Crippen molar-refractivity contribution in [2.45, 2.75) is 0 Å². The third-order valence-electron chi connectivity index (χ3n) is 1.44. The Morgan fingerprint density at radius 1 is 1.54 bits per heavy atom. The standard InChI is InChI=1S/C9H7ClO3/c10-6-13-9(12)8-3-1-2-7(4-8)5-11/h1-5H,6H2. The molecule has 0 saturated carbocycles. The lowest BCUT2D eigenvalue weighted by Crippen LogP contribution is -2.03. The van der Waals surface area contributed by atoms with Crippen LogP contribution in [0.2, 0.25) is 0 Å². The lowest BCUT2D eigenvalue weighted by atomic mass is 10.1. The van der Waals surface area contributed by atoms with E-state index in [9.17, 15) is 9.59 Å². The van der Waals surface area contributed by atoms with Crippen LogP contribution in [0.25, 0.3) is 0 Å². The predicted octanol–water partition coefficient (Wildman–Crippen LogP) is 1.85. The van der Waals surface area contributed by atoms with Gasteiger partial charge in [0, 0.05) is 5.56 Å². The summed E-state index contributed by atoms with van der Waals surface area (Å²) in [5.74, 6) is -0.529. The van der Waals surface area contributed by atoms with Crippen molar-refractivity contribution in [3.63, 3.8) is 0 Å². The molecule has 0 atom stereocenters. The molecule has 1 aromatic carbocycles. The first kappa shape index (κ1) is 9.74. The molecule has 0 unspecified atom stereocenters. The van der Waals surface area contributed by atoms with Crippen LogP contribution in [0, 0.1) is 0 Å². The zero-order valence-electron chi connectivity index (χ0n) is 6.70. The molecule has 0 aromatic heterocycles. The maximum Gasteiger partial charge on any atom is 0.339 e. The quantitative estimate of drug-likeness (QED) is 0.423. The van der Waals surface area contributed by atoms with Crippen molar-refractivity contribution in [2.24, 2.45) is 0 Å². The Kier molecular flexibility index (Phi) is 3.46. The van der Waals surface area contributed by atoms with Crippen LogP contribution >= 0.6 is 11.6 Å². The zero-order chi connectivity index (χ0) is 9.68. The molecule has 0 aliphatic rings. The molecule has 4 heteroatoms. The Morgan fingerprint density at radius 3 is 2.92 bits per heavy atom. The number of rotatable bonds is 3. The van der Waals surface area contributed by atoms with E-state index in [-0.39, 0.29) is 6.07 Å². The monoisotopic (exact) mass is 198 g/mol. The highest BCUT2D eigenvalue weighted by Gasteiger charge is 2.05. The van der Waals surface area contributed by atoms with Gasteiger partial charge >= 0.3 is 5.97 Å². The van der Waals surface area contributed by atoms with Crippen molar-refractivity contribution in [1.82, 2.24) is 0 Å². The second-order valence-corrected chi connectivity index (χ2v) is 2.50. The van der Waals surface area contributed by atoms with Crippen molar-refractivity contribution in [2.75, 3.05) is 6.07 Å². The van der Waals surface area contributed by atoms with E-state index in [4.69, 9.17) is 11.6 Å². The van der Waals surface area contributed by atoms with Gasteiger partial charge in [0.2, 0.25) is 0 Å². The van der Waals surface area contributed by atoms with E-state index in [2.05, 4.69) is 4.74 Å². The fourth-order valence-electron chi connectivity index (χ4n) is 0.872. The summed E-state index contributed by atoms with van der Waals surface area (Å²) in [6, 6.07) is 6.02. The molecule has 3 nitrogen and oxygen atoms in total. The van der Waals surface area contributed by atoms with E-state index < -0.39 is 5.97 Å². The summed E-state index contributed by atoms with van der Waals surface area (Å²) in [6.07, 6.45) is 0.664. The van der Waals surface area contributed by atoms with Crippen LogP contribution in [-0.4, -0.2) is 18.3 Å². The maximum atomic E-state index is 11.1. The number of alkyl halides is 1. The van der Waals surface area contributed by atoms with Crippen molar-refractivity contribution < 1.29 is 14.3 Å². The first-order valence-electron chi connectivity index (χ1n) is 3.56. The van der Waals surface area contributed by atoms with E-state index in [0.717, 1.165) is 0 Å². The second kappa shape index (κ2) is 4.62. The predicted molar refractivity (Wildman–Crippen MR) is 48.0 cm³/mol. The molecule has 0 heterocycles. The Labute approximate surface area is 80.3 Å². The van der Waals surface area contributed by atoms with E-state index in [1.54, 1.807) is 18.2 Å². The lowest BCUT2D eigenvalue weighted by Gasteiger charge is -2.00. The average molecular weight is 199 g/mol. The van der Waals surface area contributed by atoms with Gasteiger partial charge in [0.15, 0.2) is 6.07 Å². The summed E-state index contributed by atoms with van der Waals surface area (Å²) in [4.78, 5) is 21.5. The number of hydrogen-bond acceptors (Lipinski definition) is 3. The van der Waals surface area contributed by atoms with Crippen molar-refractivity contribution in [3.8, 4) is 0 Å². The second-order valence-electron chi connectivity index (χ2n) is 2.28. The summed E-state index contributed by atoms with van der Waals surface area (Å²) in [6.45, 7) is 0. The van der Waals surface area contributed by atoms with Gasteiger partial charge in [0.1, 0.15) is 6.29 Å². The Morgan fingerprint density at radius 2 is 2.31 bits per heavy atom. The Bertz CT molecular complexity index is 322. The van der Waals surface area contributed by atoms with Gasteiger partial charge in [0.25, 0.3) is 0 Å². The molecule has 68 valence electrons. The molecular formula is C9H7ClO3. The Balaban J connectivity index is 2.88. The first-order chi connectivity index (χ1) is 6.27. The smallest absolute Gasteiger partial charge is 0.339 e. The molecule has 1 rings (SSSR count).